The lowest BCUT2D eigenvalue weighted by atomic mass is 10.1. The topological polar surface area (TPSA) is 62.9 Å². The number of esters is 1. The van der Waals surface area contributed by atoms with Crippen molar-refractivity contribution < 1.29 is 19.1 Å². The van der Waals surface area contributed by atoms with Crippen LogP contribution in [0, 0.1) is 13.8 Å². The van der Waals surface area contributed by atoms with Gasteiger partial charge < -0.3 is 14.3 Å². The van der Waals surface area contributed by atoms with Gasteiger partial charge in [0, 0.05) is 6.07 Å². The zero-order valence-electron chi connectivity index (χ0n) is 13.2. The summed E-state index contributed by atoms with van der Waals surface area (Å²) in [6, 6.07) is 14.1. The molecular weight excluding hydrogens is 306 g/mol. The molecule has 1 N–H and O–H groups in total. The highest BCUT2D eigenvalue weighted by molar-refractivity contribution is 6.02. The van der Waals surface area contributed by atoms with Crippen LogP contribution in [-0.2, 0) is 0 Å². The quantitative estimate of drug-likeness (QED) is 0.663. The standard InChI is InChI=1S/C19H15NO4/c1-11-7-8-14-13(9-11)19(22)24-17-10-12(2)23-18(17)20(14)15-5-3-4-6-16(15)21/h3-10,21H,1-2H3. The minimum atomic E-state index is -0.450. The number of para-hydroxylation sites is 2. The van der Waals surface area contributed by atoms with Gasteiger partial charge in [0.25, 0.3) is 0 Å². The smallest absolute Gasteiger partial charge is 0.345 e. The van der Waals surface area contributed by atoms with Crippen molar-refractivity contribution in [1.82, 2.24) is 0 Å². The second-order valence-electron chi connectivity index (χ2n) is 5.76. The summed E-state index contributed by atoms with van der Waals surface area (Å²) in [5, 5.41) is 10.3. The summed E-state index contributed by atoms with van der Waals surface area (Å²) < 4.78 is 11.3. The maximum atomic E-state index is 12.5. The summed E-state index contributed by atoms with van der Waals surface area (Å²) in [5.74, 6) is 0.940. The monoisotopic (exact) mass is 321 g/mol. The number of phenols is 1. The molecule has 5 heteroatoms. The molecule has 2 heterocycles. The van der Waals surface area contributed by atoms with Crippen molar-refractivity contribution in [3.8, 4) is 11.5 Å². The van der Waals surface area contributed by atoms with E-state index in [1.807, 2.05) is 25.1 Å². The molecule has 0 saturated heterocycles. The molecule has 1 aromatic heterocycles. The molecule has 0 atom stereocenters. The number of carbonyl (C=O) groups is 1. The van der Waals surface area contributed by atoms with Crippen LogP contribution >= 0.6 is 0 Å². The Bertz CT molecular complexity index is 958. The summed E-state index contributed by atoms with van der Waals surface area (Å²) in [4.78, 5) is 14.2. The molecule has 0 fully saturated rings. The van der Waals surface area contributed by atoms with Gasteiger partial charge in [0.05, 0.1) is 16.9 Å². The maximum absolute atomic E-state index is 12.5. The van der Waals surface area contributed by atoms with E-state index in [2.05, 4.69) is 0 Å². The predicted octanol–water partition coefficient (Wildman–Crippen LogP) is 4.60. The van der Waals surface area contributed by atoms with E-state index in [9.17, 15) is 9.90 Å². The van der Waals surface area contributed by atoms with Crippen LogP contribution in [0.4, 0.5) is 17.3 Å². The van der Waals surface area contributed by atoms with E-state index in [1.54, 1.807) is 42.2 Å². The Morgan fingerprint density at radius 3 is 2.58 bits per heavy atom. The fraction of sp³-hybridized carbons (Fsp3) is 0.105. The molecule has 0 spiro atoms. The van der Waals surface area contributed by atoms with Crippen molar-refractivity contribution >= 4 is 23.2 Å². The highest BCUT2D eigenvalue weighted by Gasteiger charge is 2.32. The Kier molecular flexibility index (Phi) is 3.09. The van der Waals surface area contributed by atoms with Crippen molar-refractivity contribution in [2.75, 3.05) is 4.90 Å². The number of rotatable bonds is 1. The first-order valence-corrected chi connectivity index (χ1v) is 7.56. The van der Waals surface area contributed by atoms with Gasteiger partial charge in [-0.25, -0.2) is 4.79 Å². The van der Waals surface area contributed by atoms with Gasteiger partial charge in [0.1, 0.15) is 11.5 Å². The SMILES string of the molecule is Cc1ccc2c(c1)C(=O)Oc1cc(C)oc1N2c1ccccc1O. The minimum absolute atomic E-state index is 0.0818. The van der Waals surface area contributed by atoms with E-state index >= 15 is 0 Å². The Hall–Kier alpha value is -3.21. The molecule has 0 saturated carbocycles. The molecule has 24 heavy (non-hydrogen) atoms. The molecule has 4 rings (SSSR count). The fourth-order valence-electron chi connectivity index (χ4n) is 2.87. The summed E-state index contributed by atoms with van der Waals surface area (Å²) in [6.45, 7) is 3.69. The molecule has 0 unspecified atom stereocenters. The normalized spacial score (nSPS) is 13.1. The number of anilines is 3. The van der Waals surface area contributed by atoms with Crippen molar-refractivity contribution in [1.29, 1.82) is 0 Å². The number of hydrogen-bond acceptors (Lipinski definition) is 5. The van der Waals surface area contributed by atoms with Crippen LogP contribution in [0.15, 0.2) is 52.9 Å². The lowest BCUT2D eigenvalue weighted by molar-refractivity contribution is 0.0738. The second kappa shape index (κ2) is 5.16. The van der Waals surface area contributed by atoms with Crippen molar-refractivity contribution in [2.24, 2.45) is 0 Å². The first-order chi connectivity index (χ1) is 11.5. The number of hydrogen-bond donors (Lipinski definition) is 1. The van der Waals surface area contributed by atoms with Gasteiger partial charge in [-0.05, 0) is 38.1 Å². The van der Waals surface area contributed by atoms with Crippen LogP contribution in [0.5, 0.6) is 11.5 Å². The molecule has 2 aromatic carbocycles. The van der Waals surface area contributed by atoms with Crippen LogP contribution in [0.3, 0.4) is 0 Å². The highest BCUT2D eigenvalue weighted by atomic mass is 16.5. The number of aryl methyl sites for hydroxylation is 2. The van der Waals surface area contributed by atoms with Gasteiger partial charge in [-0.1, -0.05) is 23.8 Å². The van der Waals surface area contributed by atoms with Gasteiger partial charge in [-0.2, -0.15) is 0 Å². The second-order valence-corrected chi connectivity index (χ2v) is 5.76. The molecule has 120 valence electrons. The lowest BCUT2D eigenvalue weighted by Gasteiger charge is -2.23. The van der Waals surface area contributed by atoms with E-state index in [1.165, 1.54) is 0 Å². The van der Waals surface area contributed by atoms with E-state index in [-0.39, 0.29) is 5.75 Å². The molecular formula is C19H15NO4. The number of nitrogens with zero attached hydrogens (tertiary/aromatic N) is 1. The van der Waals surface area contributed by atoms with E-state index in [0.717, 1.165) is 5.56 Å². The Labute approximate surface area is 138 Å². The van der Waals surface area contributed by atoms with Crippen LogP contribution in [0.1, 0.15) is 21.7 Å². The molecule has 1 aliphatic heterocycles. The number of fused-ring (bicyclic) bond motifs is 2. The third-order valence-electron chi connectivity index (χ3n) is 3.94. The predicted molar refractivity (Wildman–Crippen MR) is 89.5 cm³/mol. The summed E-state index contributed by atoms with van der Waals surface area (Å²) >= 11 is 0. The van der Waals surface area contributed by atoms with Crippen LogP contribution in [0.2, 0.25) is 0 Å². The molecule has 3 aromatic rings. The zero-order chi connectivity index (χ0) is 16.8. The first kappa shape index (κ1) is 14.4. The molecule has 0 bridgehead atoms. The van der Waals surface area contributed by atoms with E-state index in [0.29, 0.717) is 34.3 Å². The molecule has 0 radical (unpaired) electrons. The van der Waals surface area contributed by atoms with Gasteiger partial charge >= 0.3 is 5.97 Å². The Morgan fingerprint density at radius 1 is 1.00 bits per heavy atom. The summed E-state index contributed by atoms with van der Waals surface area (Å²) in [6.07, 6.45) is 0. The summed E-state index contributed by atoms with van der Waals surface area (Å²) in [7, 11) is 0. The first-order valence-electron chi connectivity index (χ1n) is 7.56. The van der Waals surface area contributed by atoms with E-state index in [4.69, 9.17) is 9.15 Å². The zero-order valence-corrected chi connectivity index (χ0v) is 13.2. The van der Waals surface area contributed by atoms with Gasteiger partial charge in [-0.3, -0.25) is 4.90 Å². The maximum Gasteiger partial charge on any atom is 0.345 e. The van der Waals surface area contributed by atoms with Gasteiger partial charge in [0.15, 0.2) is 5.75 Å². The van der Waals surface area contributed by atoms with Crippen molar-refractivity contribution in [2.45, 2.75) is 13.8 Å². The number of carbonyl (C=O) groups excluding carboxylic acids is 1. The molecule has 1 aliphatic rings. The lowest BCUT2D eigenvalue weighted by Crippen LogP contribution is -2.12. The average molecular weight is 321 g/mol. The third-order valence-corrected chi connectivity index (χ3v) is 3.94. The largest absolute Gasteiger partial charge is 0.506 e. The Balaban J connectivity index is 2.05. The van der Waals surface area contributed by atoms with Gasteiger partial charge in [0.2, 0.25) is 5.88 Å². The summed E-state index contributed by atoms with van der Waals surface area (Å²) in [5.41, 5.74) is 2.47. The number of furan rings is 1. The molecule has 0 aliphatic carbocycles. The minimum Gasteiger partial charge on any atom is -0.506 e. The third kappa shape index (κ3) is 2.13. The number of ether oxygens (including phenoxy) is 1. The van der Waals surface area contributed by atoms with E-state index < -0.39 is 5.97 Å². The van der Waals surface area contributed by atoms with Gasteiger partial charge in [-0.15, -0.1) is 0 Å². The van der Waals surface area contributed by atoms with Crippen LogP contribution in [-0.4, -0.2) is 11.1 Å². The average Bonchev–Trinajstić information content (AvgIpc) is 2.86. The molecule has 5 nitrogen and oxygen atoms in total. The van der Waals surface area contributed by atoms with Crippen LogP contribution < -0.4 is 9.64 Å². The number of benzene rings is 2. The van der Waals surface area contributed by atoms with Crippen LogP contribution in [0.25, 0.3) is 0 Å². The highest BCUT2D eigenvalue weighted by Crippen LogP contribution is 2.48. The molecule has 0 amide bonds. The Morgan fingerprint density at radius 2 is 1.79 bits per heavy atom. The number of phenolic OH excluding ortho intramolecular Hbond substituents is 1. The fourth-order valence-corrected chi connectivity index (χ4v) is 2.87. The van der Waals surface area contributed by atoms with Crippen molar-refractivity contribution in [3.63, 3.8) is 0 Å². The van der Waals surface area contributed by atoms with Crippen molar-refractivity contribution in [3.05, 3.63) is 65.4 Å². The number of aromatic hydroxyl groups is 1.